The van der Waals surface area contributed by atoms with Crippen LogP contribution in [-0.2, 0) is 16.2 Å². The van der Waals surface area contributed by atoms with Gasteiger partial charge in [-0.2, -0.15) is 0 Å². The Morgan fingerprint density at radius 3 is 1.86 bits per heavy atom. The second-order valence-corrected chi connectivity index (χ2v) is 23.7. The smallest absolute Gasteiger partial charge is 0.252 e. The molecule has 8 aromatic carbocycles. The van der Waals surface area contributed by atoms with Crippen molar-refractivity contribution in [2.75, 3.05) is 14.7 Å². The molecule has 1 fully saturated rings. The Bertz CT molecular complexity index is 3900. The Morgan fingerprint density at radius 2 is 1.08 bits per heavy atom. The van der Waals surface area contributed by atoms with E-state index in [-0.39, 0.29) is 28.5 Å². The molecule has 0 bridgehead atoms. The number of rotatable bonds is 3. The summed E-state index contributed by atoms with van der Waals surface area (Å²) in [6.45, 7) is 21.4. The minimum Gasteiger partial charge on any atom is -0.456 e. The van der Waals surface area contributed by atoms with Crippen molar-refractivity contribution >= 4 is 112 Å². The molecule has 10 aromatic rings. The van der Waals surface area contributed by atoms with E-state index < -0.39 is 0 Å². The first-order valence-electron chi connectivity index (χ1n) is 25.9. The average Bonchev–Trinajstić information content (AvgIpc) is 3.99. The van der Waals surface area contributed by atoms with Gasteiger partial charge < -0.3 is 23.5 Å². The third-order valence-corrected chi connectivity index (χ3v) is 17.5. The molecule has 0 radical (unpaired) electrons. The van der Waals surface area contributed by atoms with Gasteiger partial charge in [-0.1, -0.05) is 134 Å². The third kappa shape index (κ3) is 5.88. The zero-order valence-electron chi connectivity index (χ0n) is 42.5. The summed E-state index contributed by atoms with van der Waals surface area (Å²) in [5.74, 6) is 0. The third-order valence-electron chi connectivity index (χ3n) is 17.5. The molecular weight excluding hydrogens is 866 g/mol. The Labute approximate surface area is 417 Å². The van der Waals surface area contributed by atoms with E-state index in [0.29, 0.717) is 0 Å². The summed E-state index contributed by atoms with van der Waals surface area (Å²) >= 11 is 0. The molecule has 2 aromatic heterocycles. The van der Waals surface area contributed by atoms with Crippen LogP contribution in [0.3, 0.4) is 0 Å². The number of nitrogens with zero attached hydrogens (tertiary/aromatic N) is 3. The number of furan rings is 2. The number of hydrogen-bond donors (Lipinski definition) is 0. The Kier molecular flexibility index (Phi) is 8.70. The summed E-state index contributed by atoms with van der Waals surface area (Å²) in [6.07, 6.45) is 4.79. The van der Waals surface area contributed by atoms with Crippen molar-refractivity contribution in [1.82, 2.24) is 0 Å². The fraction of sp³-hybridized carbons (Fsp3) is 0.262. The summed E-state index contributed by atoms with van der Waals surface area (Å²) in [7, 11) is 0. The minimum atomic E-state index is -0.105. The molecule has 0 amide bonds. The van der Waals surface area contributed by atoms with E-state index in [1.54, 1.807) is 0 Å². The van der Waals surface area contributed by atoms with Crippen LogP contribution < -0.4 is 31.1 Å². The van der Waals surface area contributed by atoms with Gasteiger partial charge in [0.25, 0.3) is 6.71 Å². The molecule has 2 unspecified atom stereocenters. The molecule has 0 saturated heterocycles. The second kappa shape index (κ2) is 14.5. The van der Waals surface area contributed by atoms with Gasteiger partial charge in [0.2, 0.25) is 0 Å². The first-order valence-corrected chi connectivity index (χ1v) is 25.9. The maximum atomic E-state index is 6.70. The molecule has 5 heterocycles. The molecule has 0 N–H and O–H groups in total. The standard InChI is InChI=1S/C65H60BN3O2/c1-39-33-54-61-55(34-39)68(51-19-16-22-58-60(51)46-18-11-13-21-57(46)70-58)52-36-41(63(5,6)7)23-28-48(52)66(61)49-29-26-43(37-53(49)67(54)42-25-27-45-44-17-10-12-20-56(44)71-59(45)38-42)69-50-30-24-40(62(2,3)4)35-47(50)64(8)31-14-15-32-65(64,69)9/h10-13,16-30,33-38H,14-15,31-32H2,1-9H3. The highest BCUT2D eigenvalue weighted by Crippen LogP contribution is 2.62. The minimum absolute atomic E-state index is 0.00206. The monoisotopic (exact) mass is 925 g/mol. The lowest BCUT2D eigenvalue weighted by Crippen LogP contribution is -2.61. The Morgan fingerprint density at radius 1 is 0.479 bits per heavy atom. The first-order chi connectivity index (χ1) is 34.1. The van der Waals surface area contributed by atoms with Crippen molar-refractivity contribution in [2.45, 2.75) is 110 Å². The largest absolute Gasteiger partial charge is 0.456 e. The lowest BCUT2D eigenvalue weighted by molar-refractivity contribution is 0.195. The van der Waals surface area contributed by atoms with Gasteiger partial charge in [0.1, 0.15) is 22.3 Å². The number of fused-ring (bicyclic) bond motifs is 13. The predicted molar refractivity (Wildman–Crippen MR) is 300 cm³/mol. The van der Waals surface area contributed by atoms with Crippen LogP contribution in [0, 0.1) is 6.92 Å². The number of hydrogen-bond acceptors (Lipinski definition) is 5. The van der Waals surface area contributed by atoms with E-state index in [9.17, 15) is 0 Å². The van der Waals surface area contributed by atoms with Crippen LogP contribution in [-0.4, -0.2) is 12.3 Å². The summed E-state index contributed by atoms with van der Waals surface area (Å²) in [6, 6.07) is 57.4. The van der Waals surface area contributed by atoms with Crippen LogP contribution >= 0.6 is 0 Å². The van der Waals surface area contributed by atoms with Gasteiger partial charge in [-0.15, -0.1) is 0 Å². The fourth-order valence-corrected chi connectivity index (χ4v) is 13.7. The Hall–Kier alpha value is -7.18. The van der Waals surface area contributed by atoms with E-state index in [0.717, 1.165) is 61.7 Å². The first kappa shape index (κ1) is 42.7. The number of benzene rings is 8. The fourth-order valence-electron chi connectivity index (χ4n) is 13.7. The van der Waals surface area contributed by atoms with E-state index in [2.05, 4.69) is 229 Å². The van der Waals surface area contributed by atoms with Crippen molar-refractivity contribution in [2.24, 2.45) is 0 Å². The van der Waals surface area contributed by atoms with Gasteiger partial charge in [0.15, 0.2) is 0 Å². The van der Waals surface area contributed by atoms with Crippen LogP contribution in [0.25, 0.3) is 43.9 Å². The van der Waals surface area contributed by atoms with Crippen LogP contribution in [0.2, 0.25) is 0 Å². The topological polar surface area (TPSA) is 36.0 Å². The zero-order valence-corrected chi connectivity index (χ0v) is 42.5. The van der Waals surface area contributed by atoms with Gasteiger partial charge in [-0.25, -0.2) is 0 Å². The number of aryl methyl sites for hydroxylation is 1. The van der Waals surface area contributed by atoms with E-state index in [1.807, 2.05) is 0 Å². The molecule has 350 valence electrons. The van der Waals surface area contributed by atoms with Crippen LogP contribution in [0.15, 0.2) is 160 Å². The van der Waals surface area contributed by atoms with Crippen LogP contribution in [0.5, 0.6) is 0 Å². The quantitative estimate of drug-likeness (QED) is 0.165. The van der Waals surface area contributed by atoms with Crippen LogP contribution in [0.1, 0.15) is 103 Å². The molecule has 14 rings (SSSR count). The summed E-state index contributed by atoms with van der Waals surface area (Å²) in [5, 5.41) is 4.51. The molecular formula is C65H60BN3O2. The van der Waals surface area contributed by atoms with E-state index in [1.165, 1.54) is 92.0 Å². The van der Waals surface area contributed by atoms with Crippen molar-refractivity contribution in [1.29, 1.82) is 0 Å². The second-order valence-electron chi connectivity index (χ2n) is 23.7. The molecule has 1 saturated carbocycles. The molecule has 1 aliphatic carbocycles. The van der Waals surface area contributed by atoms with E-state index in [4.69, 9.17) is 8.83 Å². The lowest BCUT2D eigenvalue weighted by Gasteiger charge is -2.50. The van der Waals surface area contributed by atoms with Gasteiger partial charge in [0.05, 0.1) is 16.6 Å². The average molecular weight is 926 g/mol. The lowest BCUT2D eigenvalue weighted by atomic mass is 9.33. The van der Waals surface area contributed by atoms with E-state index >= 15 is 0 Å². The Balaban J connectivity index is 1.06. The SMILES string of the molecule is Cc1cc2c3c(c1)N(c1cccc4oc5ccccc5c14)c1cc(C(C)(C)C)ccc1B3c1ccc(N3c4ccc(C(C)(C)C)cc4C4(C)CCCCC34C)cc1N2c1ccc2c(c1)oc1ccccc12. The highest BCUT2D eigenvalue weighted by Gasteiger charge is 2.58. The molecule has 4 aliphatic rings. The van der Waals surface area contributed by atoms with Gasteiger partial charge in [0, 0.05) is 67.5 Å². The van der Waals surface area contributed by atoms with Gasteiger partial charge >= 0.3 is 0 Å². The molecule has 6 heteroatoms. The predicted octanol–water partition coefficient (Wildman–Crippen LogP) is 16.2. The van der Waals surface area contributed by atoms with Crippen LogP contribution in [0.4, 0.5) is 45.5 Å². The highest BCUT2D eigenvalue weighted by atomic mass is 16.3. The van der Waals surface area contributed by atoms with Gasteiger partial charge in [-0.3, -0.25) is 0 Å². The number of anilines is 8. The van der Waals surface area contributed by atoms with Crippen molar-refractivity contribution in [3.8, 4) is 0 Å². The molecule has 5 nitrogen and oxygen atoms in total. The van der Waals surface area contributed by atoms with Crippen molar-refractivity contribution < 1.29 is 8.83 Å². The normalized spacial score (nSPS) is 19.4. The van der Waals surface area contributed by atoms with Crippen molar-refractivity contribution in [3.63, 3.8) is 0 Å². The molecule has 0 spiro atoms. The summed E-state index contributed by atoms with van der Waals surface area (Å²) < 4.78 is 13.3. The highest BCUT2D eigenvalue weighted by molar-refractivity contribution is 7.00. The maximum absolute atomic E-state index is 6.70. The summed E-state index contributed by atoms with van der Waals surface area (Å²) in [4.78, 5) is 7.89. The zero-order chi connectivity index (χ0) is 48.5. The van der Waals surface area contributed by atoms with Gasteiger partial charge in [-0.05, 0) is 149 Å². The molecule has 71 heavy (non-hydrogen) atoms. The summed E-state index contributed by atoms with van der Waals surface area (Å²) in [5.41, 5.74) is 22.4. The maximum Gasteiger partial charge on any atom is 0.252 e. The molecule has 3 aliphatic heterocycles. The molecule has 2 atom stereocenters. The number of para-hydroxylation sites is 2. The van der Waals surface area contributed by atoms with Crippen molar-refractivity contribution in [3.05, 3.63) is 174 Å².